The van der Waals surface area contributed by atoms with Crippen LogP contribution < -0.4 is 19.8 Å². The van der Waals surface area contributed by atoms with Crippen LogP contribution in [0.15, 0.2) is 53.4 Å². The van der Waals surface area contributed by atoms with Crippen LogP contribution in [-0.4, -0.2) is 139 Å². The summed E-state index contributed by atoms with van der Waals surface area (Å²) in [6.45, 7) is 12.9. The third kappa shape index (κ3) is 11.8. The van der Waals surface area contributed by atoms with E-state index in [1.54, 1.807) is 60.6 Å². The maximum absolute atomic E-state index is 13.9. The number of benzene rings is 2. The van der Waals surface area contributed by atoms with E-state index in [0.29, 0.717) is 30.3 Å². The zero-order valence-corrected chi connectivity index (χ0v) is 36.9. The second kappa shape index (κ2) is 18.4. The van der Waals surface area contributed by atoms with Crippen LogP contribution in [0.2, 0.25) is 0 Å². The van der Waals surface area contributed by atoms with Crippen LogP contribution >= 0.6 is 0 Å². The molecule has 1 saturated heterocycles. The second-order valence-electron chi connectivity index (χ2n) is 16.5. The molecule has 3 amide bonds. The Labute approximate surface area is 351 Å². The topological polar surface area (TPSA) is 250 Å². The SMILES string of the molecule is Cc1cc(C#N)nc(N2CCN(S(=O)(=O)c3ccc(NC(=O)c4cc(CNC(CN(C(=O)O)C(C)(C)C)CN(C(=O)O)C(C)(C)C)ccc4N(C)S(C)(=O)=O)cc3)CC2)n1. The normalized spacial score (nSPS) is 14.1. The number of nitriles is 1. The van der Waals surface area contributed by atoms with Gasteiger partial charge >= 0.3 is 12.2 Å². The Balaban J connectivity index is 1.56. The van der Waals surface area contributed by atoms with Crippen molar-refractivity contribution < 1.29 is 41.4 Å². The number of sulfonamides is 2. The number of aromatic nitrogens is 2. The van der Waals surface area contributed by atoms with E-state index in [-0.39, 0.29) is 60.3 Å². The fourth-order valence-corrected chi connectivity index (χ4v) is 8.37. The number of nitrogens with one attached hydrogen (secondary N) is 2. The van der Waals surface area contributed by atoms with Gasteiger partial charge in [-0.1, -0.05) is 6.07 Å². The van der Waals surface area contributed by atoms with Crippen molar-refractivity contribution in [2.45, 2.75) is 77.0 Å². The van der Waals surface area contributed by atoms with Gasteiger partial charge in [0.1, 0.15) is 11.8 Å². The van der Waals surface area contributed by atoms with Crippen molar-refractivity contribution in [1.82, 2.24) is 29.4 Å². The molecule has 0 spiro atoms. The number of piperazine rings is 1. The van der Waals surface area contributed by atoms with Crippen LogP contribution in [0.5, 0.6) is 0 Å². The number of carboxylic acid groups (broad SMARTS) is 2. The number of hydrogen-bond acceptors (Lipinski definition) is 12. The van der Waals surface area contributed by atoms with Gasteiger partial charge < -0.3 is 35.5 Å². The molecule has 2 aromatic carbocycles. The molecule has 4 N–H and O–H groups in total. The van der Waals surface area contributed by atoms with Crippen molar-refractivity contribution >= 4 is 55.5 Å². The van der Waals surface area contributed by atoms with E-state index in [4.69, 9.17) is 0 Å². The number of hydrogen-bond donors (Lipinski definition) is 4. The number of carbonyl (C=O) groups is 3. The monoisotopic (exact) mass is 870 g/mol. The summed E-state index contributed by atoms with van der Waals surface area (Å²) in [5, 5.41) is 35.3. The van der Waals surface area contributed by atoms with E-state index in [2.05, 4.69) is 20.6 Å². The van der Waals surface area contributed by atoms with E-state index in [1.807, 2.05) is 11.0 Å². The summed E-state index contributed by atoms with van der Waals surface area (Å²) >= 11 is 0. The van der Waals surface area contributed by atoms with Crippen molar-refractivity contribution in [3.05, 3.63) is 71.0 Å². The highest BCUT2D eigenvalue weighted by atomic mass is 32.2. The maximum Gasteiger partial charge on any atom is 0.407 e. The van der Waals surface area contributed by atoms with Crippen LogP contribution in [0.25, 0.3) is 0 Å². The Morgan fingerprint density at radius 3 is 1.90 bits per heavy atom. The smallest absolute Gasteiger partial charge is 0.407 e. The average Bonchev–Trinajstić information content (AvgIpc) is 3.15. The van der Waals surface area contributed by atoms with Crippen molar-refractivity contribution in [1.29, 1.82) is 5.26 Å². The van der Waals surface area contributed by atoms with E-state index >= 15 is 0 Å². The number of amides is 3. The summed E-state index contributed by atoms with van der Waals surface area (Å²) in [6.07, 6.45) is -1.39. The van der Waals surface area contributed by atoms with Gasteiger partial charge in [0.25, 0.3) is 5.91 Å². The minimum Gasteiger partial charge on any atom is -0.465 e. The number of nitrogens with zero attached hydrogens (tertiary/aromatic N) is 8. The first-order valence-corrected chi connectivity index (χ1v) is 22.2. The van der Waals surface area contributed by atoms with Crippen LogP contribution in [0.3, 0.4) is 0 Å². The molecule has 19 nitrogen and oxygen atoms in total. The van der Waals surface area contributed by atoms with E-state index < -0.39 is 55.3 Å². The molecular weight excluding hydrogens is 817 g/mol. The average molecular weight is 871 g/mol. The van der Waals surface area contributed by atoms with Crippen molar-refractivity contribution in [3.8, 4) is 6.07 Å². The molecular formula is C39H54N10O9S2. The molecule has 0 bridgehead atoms. The number of anilines is 3. The predicted molar refractivity (Wildman–Crippen MR) is 226 cm³/mol. The van der Waals surface area contributed by atoms with Crippen molar-refractivity contribution in [2.24, 2.45) is 0 Å². The standard InChI is InChI=1S/C39H54N10O9S2/c1-26-20-29(22-40)44-35(42-26)46-16-18-47(19-17-46)60(57,58)31-13-11-28(12-14-31)43-34(50)32-21-27(10-15-33(32)45(8)59(9,55)56)23-41-30(24-48(36(51)52)38(2,3)4)25-49(37(53)54)39(5,6)7/h10-15,20-21,30,41H,16-19,23-25H2,1-9H3,(H,43,50)(H,51,52)(H,53,54). The summed E-state index contributed by atoms with van der Waals surface area (Å²) < 4.78 is 54.7. The van der Waals surface area contributed by atoms with Crippen LogP contribution in [0.4, 0.5) is 26.9 Å². The Hall–Kier alpha value is -5.56. The fourth-order valence-electron chi connectivity index (χ4n) is 6.43. The zero-order valence-electron chi connectivity index (χ0n) is 35.3. The van der Waals surface area contributed by atoms with Gasteiger partial charge in [-0.25, -0.2) is 36.4 Å². The van der Waals surface area contributed by atoms with Gasteiger partial charge in [0, 0.05) is 81.4 Å². The Morgan fingerprint density at radius 2 is 1.42 bits per heavy atom. The zero-order chi connectivity index (χ0) is 45.0. The van der Waals surface area contributed by atoms with Crippen molar-refractivity contribution in [3.63, 3.8) is 0 Å². The molecule has 0 radical (unpaired) electrons. The van der Waals surface area contributed by atoms with Gasteiger partial charge in [0.05, 0.1) is 22.4 Å². The lowest BCUT2D eigenvalue weighted by Crippen LogP contribution is -2.57. The molecule has 326 valence electrons. The molecule has 0 unspecified atom stereocenters. The van der Waals surface area contributed by atoms with Gasteiger partial charge in [-0.05, 0) is 96.5 Å². The molecule has 4 rings (SSSR count). The van der Waals surface area contributed by atoms with E-state index in [9.17, 15) is 46.7 Å². The van der Waals surface area contributed by atoms with Crippen LogP contribution in [0, 0.1) is 18.3 Å². The molecule has 2 heterocycles. The van der Waals surface area contributed by atoms with Gasteiger partial charge in [-0.15, -0.1) is 0 Å². The molecule has 1 aliphatic rings. The molecule has 0 saturated carbocycles. The third-order valence-electron chi connectivity index (χ3n) is 9.85. The highest BCUT2D eigenvalue weighted by molar-refractivity contribution is 7.92. The summed E-state index contributed by atoms with van der Waals surface area (Å²) in [6, 6.07) is 13.0. The Kier molecular flexibility index (Phi) is 14.4. The van der Waals surface area contributed by atoms with Gasteiger partial charge in [0.2, 0.25) is 26.0 Å². The summed E-state index contributed by atoms with van der Waals surface area (Å²) in [7, 11) is -6.46. The largest absolute Gasteiger partial charge is 0.465 e. The van der Waals surface area contributed by atoms with Crippen LogP contribution in [0.1, 0.15) is 68.9 Å². The molecule has 0 aliphatic carbocycles. The lowest BCUT2D eigenvalue weighted by Gasteiger charge is -2.40. The lowest BCUT2D eigenvalue weighted by atomic mass is 10.0. The first kappa shape index (κ1) is 47.1. The molecule has 3 aromatic rings. The molecule has 60 heavy (non-hydrogen) atoms. The Bertz CT molecular complexity index is 2300. The van der Waals surface area contributed by atoms with Gasteiger partial charge in [0.15, 0.2) is 0 Å². The fraction of sp³-hybridized carbons (Fsp3) is 0.487. The van der Waals surface area contributed by atoms with E-state index in [0.717, 1.165) is 10.6 Å². The molecule has 1 fully saturated rings. The minimum atomic E-state index is -3.93. The molecule has 1 aliphatic heterocycles. The van der Waals surface area contributed by atoms with Gasteiger partial charge in [-0.2, -0.15) is 9.57 Å². The number of aryl methyl sites for hydroxylation is 1. The number of carbonyl (C=O) groups excluding carboxylic acids is 1. The third-order valence-corrected chi connectivity index (χ3v) is 13.0. The second-order valence-corrected chi connectivity index (χ2v) is 20.4. The molecule has 0 atom stereocenters. The quantitative estimate of drug-likeness (QED) is 0.180. The lowest BCUT2D eigenvalue weighted by molar-refractivity contribution is 0.0708. The highest BCUT2D eigenvalue weighted by Gasteiger charge is 2.34. The van der Waals surface area contributed by atoms with Gasteiger partial charge in [-0.3, -0.25) is 9.10 Å². The summed E-state index contributed by atoms with van der Waals surface area (Å²) in [5.74, 6) is -0.343. The minimum absolute atomic E-state index is 0.00602. The number of rotatable bonds is 14. The molecule has 21 heteroatoms. The first-order valence-electron chi connectivity index (χ1n) is 19.0. The first-order chi connectivity index (χ1) is 27.7. The van der Waals surface area contributed by atoms with E-state index in [1.165, 1.54) is 57.6 Å². The van der Waals surface area contributed by atoms with Crippen molar-refractivity contribution in [2.75, 3.05) is 67.1 Å². The molecule has 1 aromatic heterocycles. The Morgan fingerprint density at radius 1 is 0.867 bits per heavy atom. The summed E-state index contributed by atoms with van der Waals surface area (Å²) in [4.78, 5) is 51.3. The predicted octanol–water partition coefficient (Wildman–Crippen LogP) is 3.83. The van der Waals surface area contributed by atoms with Crippen LogP contribution in [-0.2, 0) is 26.6 Å². The maximum atomic E-state index is 13.9. The highest BCUT2D eigenvalue weighted by Crippen LogP contribution is 2.27. The summed E-state index contributed by atoms with van der Waals surface area (Å²) in [5.41, 5.74) is -0.0209.